The molecular weight excluding hydrogens is 182 g/mol. The van der Waals surface area contributed by atoms with Gasteiger partial charge in [0.05, 0.1) is 6.10 Å². The Balaban J connectivity index is 3.52. The lowest BCUT2D eigenvalue weighted by molar-refractivity contribution is -0.125. The first-order valence-corrected chi connectivity index (χ1v) is 5.02. The molecule has 14 heavy (non-hydrogen) atoms. The highest BCUT2D eigenvalue weighted by atomic mass is 16.5. The van der Waals surface area contributed by atoms with Crippen molar-refractivity contribution in [1.82, 2.24) is 5.32 Å². The summed E-state index contributed by atoms with van der Waals surface area (Å²) >= 11 is 0. The Morgan fingerprint density at radius 3 is 2.57 bits per heavy atom. The number of ether oxygens (including phenoxy) is 1. The molecule has 0 bridgehead atoms. The molecule has 0 aromatic carbocycles. The Hall–Kier alpha value is -0.610. The van der Waals surface area contributed by atoms with Crippen molar-refractivity contribution in [1.29, 1.82) is 0 Å². The Bertz CT molecular complexity index is 159. The number of rotatable bonds is 7. The van der Waals surface area contributed by atoms with Gasteiger partial charge in [-0.2, -0.15) is 0 Å². The summed E-state index contributed by atoms with van der Waals surface area (Å²) in [7, 11) is 1.62. The molecule has 0 radical (unpaired) electrons. The van der Waals surface area contributed by atoms with Crippen LogP contribution in [0, 0.1) is 5.92 Å². The Labute approximate surface area is 85.6 Å². The second kappa shape index (κ2) is 7.76. The summed E-state index contributed by atoms with van der Waals surface area (Å²) < 4.78 is 4.89. The normalized spacial score (nSPS) is 14.9. The summed E-state index contributed by atoms with van der Waals surface area (Å²) in [5, 5.41) is 11.7. The average molecular weight is 203 g/mol. The molecule has 0 aliphatic rings. The zero-order valence-electron chi connectivity index (χ0n) is 9.25. The van der Waals surface area contributed by atoms with Crippen molar-refractivity contribution in [3.8, 4) is 0 Å². The van der Waals surface area contributed by atoms with Gasteiger partial charge in [-0.1, -0.05) is 6.92 Å². The zero-order valence-corrected chi connectivity index (χ0v) is 9.25. The van der Waals surface area contributed by atoms with Gasteiger partial charge in [-0.15, -0.1) is 0 Å². The van der Waals surface area contributed by atoms with Crippen LogP contribution in [0.1, 0.15) is 26.7 Å². The number of carbonyl (C=O) groups is 1. The van der Waals surface area contributed by atoms with Crippen molar-refractivity contribution in [3.05, 3.63) is 0 Å². The highest BCUT2D eigenvalue weighted by Gasteiger charge is 2.11. The number of amides is 1. The number of hydrogen-bond donors (Lipinski definition) is 2. The van der Waals surface area contributed by atoms with Gasteiger partial charge in [0.2, 0.25) is 5.91 Å². The van der Waals surface area contributed by atoms with Crippen LogP contribution in [-0.2, 0) is 9.53 Å². The third-order valence-electron chi connectivity index (χ3n) is 2.06. The molecule has 2 unspecified atom stereocenters. The maximum atomic E-state index is 11.4. The molecule has 4 nitrogen and oxygen atoms in total. The Kier molecular flexibility index (Phi) is 7.42. The topological polar surface area (TPSA) is 58.6 Å². The molecule has 0 saturated carbocycles. The van der Waals surface area contributed by atoms with Crippen molar-refractivity contribution in [2.45, 2.75) is 32.8 Å². The van der Waals surface area contributed by atoms with Crippen LogP contribution in [0.4, 0.5) is 0 Å². The van der Waals surface area contributed by atoms with Crippen LogP contribution in [0.5, 0.6) is 0 Å². The highest BCUT2D eigenvalue weighted by Crippen LogP contribution is 2.01. The minimum Gasteiger partial charge on any atom is -0.393 e. The van der Waals surface area contributed by atoms with Crippen LogP contribution in [0.2, 0.25) is 0 Å². The molecule has 0 rings (SSSR count). The van der Waals surface area contributed by atoms with E-state index < -0.39 is 0 Å². The van der Waals surface area contributed by atoms with E-state index in [-0.39, 0.29) is 17.9 Å². The van der Waals surface area contributed by atoms with Gasteiger partial charge in [0.25, 0.3) is 0 Å². The molecule has 2 atom stereocenters. The molecule has 84 valence electrons. The molecule has 1 amide bonds. The monoisotopic (exact) mass is 203 g/mol. The van der Waals surface area contributed by atoms with Crippen LogP contribution in [0.15, 0.2) is 0 Å². The fraction of sp³-hybridized carbons (Fsp3) is 0.900. The molecule has 0 aliphatic heterocycles. The number of methoxy groups -OCH3 is 1. The van der Waals surface area contributed by atoms with E-state index in [0.717, 1.165) is 6.42 Å². The Morgan fingerprint density at radius 1 is 1.43 bits per heavy atom. The third-order valence-corrected chi connectivity index (χ3v) is 2.06. The Morgan fingerprint density at radius 2 is 2.07 bits per heavy atom. The average Bonchev–Trinajstić information content (AvgIpc) is 2.13. The molecule has 0 fully saturated rings. The van der Waals surface area contributed by atoms with E-state index >= 15 is 0 Å². The van der Waals surface area contributed by atoms with Crippen molar-refractivity contribution in [2.24, 2.45) is 5.92 Å². The van der Waals surface area contributed by atoms with Crippen LogP contribution >= 0.6 is 0 Å². The van der Waals surface area contributed by atoms with Crippen LogP contribution in [-0.4, -0.2) is 37.4 Å². The third kappa shape index (κ3) is 6.86. The molecule has 0 spiro atoms. The number of aliphatic hydroxyl groups excluding tert-OH is 1. The first-order chi connectivity index (χ1) is 6.57. The molecule has 0 aliphatic carbocycles. The van der Waals surface area contributed by atoms with E-state index in [1.807, 2.05) is 6.92 Å². The summed E-state index contributed by atoms with van der Waals surface area (Å²) in [6.45, 7) is 4.72. The van der Waals surface area contributed by atoms with E-state index in [4.69, 9.17) is 9.84 Å². The number of hydrogen-bond acceptors (Lipinski definition) is 3. The lowest BCUT2D eigenvalue weighted by atomic mass is 10.1. The maximum Gasteiger partial charge on any atom is 0.222 e. The summed E-state index contributed by atoms with van der Waals surface area (Å²) in [4.78, 5) is 11.4. The van der Waals surface area contributed by atoms with Crippen LogP contribution in [0.25, 0.3) is 0 Å². The molecule has 2 N–H and O–H groups in total. The minimum atomic E-state index is -0.357. The zero-order chi connectivity index (χ0) is 11.0. The number of carbonyl (C=O) groups excluding carboxylic acids is 1. The standard InChI is InChI=1S/C10H21NO3/c1-8(5-7-14-3)10(13)11-6-4-9(2)12/h8-9,12H,4-7H2,1-3H3,(H,11,13). The van der Waals surface area contributed by atoms with Gasteiger partial charge in [0.15, 0.2) is 0 Å². The van der Waals surface area contributed by atoms with Gasteiger partial charge in [0, 0.05) is 26.2 Å². The van der Waals surface area contributed by atoms with Gasteiger partial charge in [0.1, 0.15) is 0 Å². The summed E-state index contributed by atoms with van der Waals surface area (Å²) in [6.07, 6.45) is 0.976. The van der Waals surface area contributed by atoms with E-state index in [9.17, 15) is 4.79 Å². The lowest BCUT2D eigenvalue weighted by Gasteiger charge is -2.12. The predicted molar refractivity (Wildman–Crippen MR) is 55.0 cm³/mol. The summed E-state index contributed by atoms with van der Waals surface area (Å²) in [5.74, 6) is 0.00616. The van der Waals surface area contributed by atoms with Crippen LogP contribution < -0.4 is 5.32 Å². The van der Waals surface area contributed by atoms with Crippen molar-refractivity contribution < 1.29 is 14.6 Å². The first-order valence-electron chi connectivity index (χ1n) is 5.02. The van der Waals surface area contributed by atoms with E-state index in [2.05, 4.69) is 5.32 Å². The second-order valence-corrected chi connectivity index (χ2v) is 3.61. The highest BCUT2D eigenvalue weighted by molar-refractivity contribution is 5.78. The van der Waals surface area contributed by atoms with Gasteiger partial charge < -0.3 is 15.2 Å². The smallest absolute Gasteiger partial charge is 0.222 e. The fourth-order valence-corrected chi connectivity index (χ4v) is 1.00. The van der Waals surface area contributed by atoms with Crippen molar-refractivity contribution in [3.63, 3.8) is 0 Å². The van der Waals surface area contributed by atoms with Gasteiger partial charge in [-0.05, 0) is 19.8 Å². The largest absolute Gasteiger partial charge is 0.393 e. The molecule has 4 heteroatoms. The van der Waals surface area contributed by atoms with E-state index in [1.165, 1.54) is 0 Å². The predicted octanol–water partition coefficient (Wildman–Crippen LogP) is 0.546. The molecule has 0 saturated heterocycles. The van der Waals surface area contributed by atoms with Crippen molar-refractivity contribution >= 4 is 5.91 Å². The summed E-state index contributed by atoms with van der Waals surface area (Å²) in [6, 6.07) is 0. The van der Waals surface area contributed by atoms with Gasteiger partial charge in [-0.3, -0.25) is 4.79 Å². The van der Waals surface area contributed by atoms with E-state index in [1.54, 1.807) is 14.0 Å². The molecule has 0 aromatic heterocycles. The summed E-state index contributed by atoms with van der Waals surface area (Å²) in [5.41, 5.74) is 0. The van der Waals surface area contributed by atoms with Gasteiger partial charge in [-0.25, -0.2) is 0 Å². The number of aliphatic hydroxyl groups is 1. The fourth-order valence-electron chi connectivity index (χ4n) is 1.00. The quantitative estimate of drug-likeness (QED) is 0.635. The lowest BCUT2D eigenvalue weighted by Crippen LogP contribution is -2.31. The molecule has 0 heterocycles. The van der Waals surface area contributed by atoms with Crippen molar-refractivity contribution in [2.75, 3.05) is 20.3 Å². The second-order valence-electron chi connectivity index (χ2n) is 3.61. The number of nitrogens with one attached hydrogen (secondary N) is 1. The van der Waals surface area contributed by atoms with E-state index in [0.29, 0.717) is 19.6 Å². The van der Waals surface area contributed by atoms with Crippen LogP contribution in [0.3, 0.4) is 0 Å². The SMILES string of the molecule is COCCC(C)C(=O)NCCC(C)O. The molecular formula is C10H21NO3. The minimum absolute atomic E-state index is 0.0241. The molecule has 0 aromatic rings. The van der Waals surface area contributed by atoms with Gasteiger partial charge >= 0.3 is 0 Å². The first kappa shape index (κ1) is 13.4. The maximum absolute atomic E-state index is 11.4.